The number of hydrogen-bond donors (Lipinski definition) is 0. The number of rotatable bonds is 0. The third-order valence-corrected chi connectivity index (χ3v) is 2.65. The lowest BCUT2D eigenvalue weighted by Crippen LogP contribution is -2.36. The molecule has 62 valence electrons. The molecular weight excluding hydrogens is 138 g/mol. The number of hydrogen-bond acceptors (Lipinski definition) is 2. The van der Waals surface area contributed by atoms with Crippen LogP contribution in [0.25, 0.3) is 0 Å². The molecule has 0 bridgehead atoms. The van der Waals surface area contributed by atoms with Crippen LogP contribution < -0.4 is 0 Å². The van der Waals surface area contributed by atoms with Crippen molar-refractivity contribution in [2.45, 2.75) is 18.4 Å². The van der Waals surface area contributed by atoms with E-state index in [1.165, 1.54) is 13.0 Å². The van der Waals surface area contributed by atoms with Crippen LogP contribution in [0.3, 0.4) is 0 Å². The molecule has 1 spiro atoms. The summed E-state index contributed by atoms with van der Waals surface area (Å²) in [5.41, 5.74) is 0.184. The van der Waals surface area contributed by atoms with E-state index in [1.54, 1.807) is 0 Å². The van der Waals surface area contributed by atoms with Gasteiger partial charge in [0.15, 0.2) is 0 Å². The first-order valence-electron chi connectivity index (χ1n) is 4.28. The van der Waals surface area contributed by atoms with E-state index in [9.17, 15) is 0 Å². The van der Waals surface area contributed by atoms with Gasteiger partial charge in [-0.2, -0.15) is 0 Å². The van der Waals surface area contributed by atoms with Crippen molar-refractivity contribution in [3.8, 4) is 0 Å². The third kappa shape index (κ3) is 1.33. The Labute approximate surface area is 67.8 Å². The van der Waals surface area contributed by atoms with E-state index in [-0.39, 0.29) is 5.60 Å². The molecule has 0 aliphatic carbocycles. The minimum atomic E-state index is 0.184. The Morgan fingerprint density at radius 2 is 2.36 bits per heavy atom. The summed E-state index contributed by atoms with van der Waals surface area (Å²) >= 11 is 0. The Morgan fingerprint density at radius 1 is 1.45 bits per heavy atom. The number of likely N-dealkylation sites (N-methyl/N-ethyl adjacent to an activating group) is 1. The van der Waals surface area contributed by atoms with Gasteiger partial charge in [-0.3, -0.25) is 0 Å². The highest BCUT2D eigenvalue weighted by molar-refractivity contribution is 5.02. The monoisotopic (exact) mass is 153 g/mol. The zero-order valence-electron chi connectivity index (χ0n) is 7.05. The Kier molecular flexibility index (Phi) is 1.74. The molecule has 0 saturated carbocycles. The molecule has 0 amide bonds. The molecule has 1 saturated heterocycles. The van der Waals surface area contributed by atoms with E-state index in [2.05, 4.69) is 24.1 Å². The molecule has 0 aromatic carbocycles. The van der Waals surface area contributed by atoms with E-state index in [0.29, 0.717) is 0 Å². The second-order valence-corrected chi connectivity index (χ2v) is 3.66. The van der Waals surface area contributed by atoms with Crippen LogP contribution in [0.15, 0.2) is 12.2 Å². The van der Waals surface area contributed by atoms with Crippen molar-refractivity contribution in [3.63, 3.8) is 0 Å². The molecule has 11 heavy (non-hydrogen) atoms. The largest absolute Gasteiger partial charge is 0.369 e. The van der Waals surface area contributed by atoms with Crippen LogP contribution in [-0.4, -0.2) is 37.2 Å². The molecule has 2 heteroatoms. The Bertz CT molecular complexity index is 178. The minimum Gasteiger partial charge on any atom is -0.369 e. The standard InChI is InChI=1S/C9H15NO/c1-10-6-5-9(8-10)4-2-3-7-11-9/h2-3H,4-8H2,1H3. The van der Waals surface area contributed by atoms with Crippen molar-refractivity contribution in [1.82, 2.24) is 4.90 Å². The van der Waals surface area contributed by atoms with Crippen LogP contribution >= 0.6 is 0 Å². The maximum atomic E-state index is 5.77. The first-order valence-corrected chi connectivity index (χ1v) is 4.28. The SMILES string of the molecule is CN1CCC2(CC=CCO2)C1. The van der Waals surface area contributed by atoms with Crippen molar-refractivity contribution in [3.05, 3.63) is 12.2 Å². The van der Waals surface area contributed by atoms with E-state index >= 15 is 0 Å². The molecule has 2 aliphatic rings. The van der Waals surface area contributed by atoms with Gasteiger partial charge in [0, 0.05) is 13.1 Å². The zero-order valence-corrected chi connectivity index (χ0v) is 7.05. The molecule has 0 N–H and O–H groups in total. The lowest BCUT2D eigenvalue weighted by Gasteiger charge is -2.30. The maximum absolute atomic E-state index is 5.77. The van der Waals surface area contributed by atoms with Gasteiger partial charge in [0.2, 0.25) is 0 Å². The molecule has 2 nitrogen and oxygen atoms in total. The molecule has 2 heterocycles. The van der Waals surface area contributed by atoms with E-state index in [4.69, 9.17) is 4.74 Å². The molecular formula is C9H15NO. The van der Waals surface area contributed by atoms with Crippen LogP contribution in [0.2, 0.25) is 0 Å². The van der Waals surface area contributed by atoms with E-state index < -0.39 is 0 Å². The summed E-state index contributed by atoms with van der Waals surface area (Å²) in [5.74, 6) is 0. The zero-order chi connectivity index (χ0) is 7.73. The fourth-order valence-electron chi connectivity index (χ4n) is 1.98. The predicted octanol–water partition coefficient (Wildman–Crippen LogP) is 1.04. The van der Waals surface area contributed by atoms with Crippen molar-refractivity contribution in [1.29, 1.82) is 0 Å². The number of nitrogens with zero attached hydrogens (tertiary/aromatic N) is 1. The lowest BCUT2D eigenvalue weighted by molar-refractivity contribution is -0.0261. The summed E-state index contributed by atoms with van der Waals surface area (Å²) in [6.07, 6.45) is 6.68. The second-order valence-electron chi connectivity index (χ2n) is 3.66. The fourth-order valence-corrected chi connectivity index (χ4v) is 1.98. The second kappa shape index (κ2) is 2.61. The van der Waals surface area contributed by atoms with Crippen LogP contribution in [0.4, 0.5) is 0 Å². The third-order valence-electron chi connectivity index (χ3n) is 2.65. The average Bonchev–Trinajstić information content (AvgIpc) is 2.34. The first kappa shape index (κ1) is 7.32. The molecule has 1 fully saturated rings. The molecule has 1 unspecified atom stereocenters. The highest BCUT2D eigenvalue weighted by atomic mass is 16.5. The molecule has 1 atom stereocenters. The first-order chi connectivity index (χ1) is 5.31. The van der Waals surface area contributed by atoms with Gasteiger partial charge < -0.3 is 9.64 Å². The smallest absolute Gasteiger partial charge is 0.0859 e. The molecule has 0 aromatic heterocycles. The van der Waals surface area contributed by atoms with E-state index in [0.717, 1.165) is 19.6 Å². The van der Waals surface area contributed by atoms with Gasteiger partial charge >= 0.3 is 0 Å². The highest BCUT2D eigenvalue weighted by Gasteiger charge is 2.37. The van der Waals surface area contributed by atoms with Crippen LogP contribution in [-0.2, 0) is 4.74 Å². The van der Waals surface area contributed by atoms with Gasteiger partial charge in [-0.25, -0.2) is 0 Å². The predicted molar refractivity (Wildman–Crippen MR) is 44.6 cm³/mol. The van der Waals surface area contributed by atoms with Crippen LogP contribution in [0.5, 0.6) is 0 Å². The highest BCUT2D eigenvalue weighted by Crippen LogP contribution is 2.30. The summed E-state index contributed by atoms with van der Waals surface area (Å²) in [5, 5.41) is 0. The number of likely N-dealkylation sites (tertiary alicyclic amines) is 1. The summed E-state index contributed by atoms with van der Waals surface area (Å²) in [6.45, 7) is 3.11. The normalized spacial score (nSPS) is 38.6. The Morgan fingerprint density at radius 3 is 2.91 bits per heavy atom. The summed E-state index contributed by atoms with van der Waals surface area (Å²) in [6, 6.07) is 0. The topological polar surface area (TPSA) is 12.5 Å². The van der Waals surface area contributed by atoms with Gasteiger partial charge in [0.05, 0.1) is 12.2 Å². The Balaban J connectivity index is 2.05. The molecule has 0 radical (unpaired) electrons. The van der Waals surface area contributed by atoms with Crippen molar-refractivity contribution < 1.29 is 4.74 Å². The average molecular weight is 153 g/mol. The lowest BCUT2D eigenvalue weighted by atomic mass is 9.97. The number of ether oxygens (including phenoxy) is 1. The van der Waals surface area contributed by atoms with Gasteiger partial charge in [-0.15, -0.1) is 0 Å². The van der Waals surface area contributed by atoms with Crippen molar-refractivity contribution >= 4 is 0 Å². The van der Waals surface area contributed by atoms with Crippen LogP contribution in [0, 0.1) is 0 Å². The summed E-state index contributed by atoms with van der Waals surface area (Å²) in [7, 11) is 2.16. The van der Waals surface area contributed by atoms with Gasteiger partial charge in [-0.05, 0) is 19.9 Å². The fraction of sp³-hybridized carbons (Fsp3) is 0.778. The Hall–Kier alpha value is -0.340. The van der Waals surface area contributed by atoms with Crippen molar-refractivity contribution in [2.24, 2.45) is 0 Å². The minimum absolute atomic E-state index is 0.184. The molecule has 2 rings (SSSR count). The quantitative estimate of drug-likeness (QED) is 0.482. The summed E-state index contributed by atoms with van der Waals surface area (Å²) in [4.78, 5) is 2.35. The van der Waals surface area contributed by atoms with Gasteiger partial charge in [-0.1, -0.05) is 12.2 Å². The van der Waals surface area contributed by atoms with Crippen molar-refractivity contribution in [2.75, 3.05) is 26.7 Å². The molecule has 2 aliphatic heterocycles. The van der Waals surface area contributed by atoms with Gasteiger partial charge in [0.25, 0.3) is 0 Å². The van der Waals surface area contributed by atoms with E-state index in [1.807, 2.05) is 0 Å². The molecule has 0 aromatic rings. The maximum Gasteiger partial charge on any atom is 0.0859 e. The van der Waals surface area contributed by atoms with Gasteiger partial charge in [0.1, 0.15) is 0 Å². The summed E-state index contributed by atoms with van der Waals surface area (Å²) < 4.78 is 5.77. The van der Waals surface area contributed by atoms with Crippen LogP contribution in [0.1, 0.15) is 12.8 Å².